The van der Waals surface area contributed by atoms with Gasteiger partial charge in [-0.2, -0.15) is 5.26 Å². The number of nitrogens with one attached hydrogen (secondary N) is 1. The molecule has 6 nitrogen and oxygen atoms in total. The van der Waals surface area contributed by atoms with Crippen LogP contribution in [0.3, 0.4) is 0 Å². The summed E-state index contributed by atoms with van der Waals surface area (Å²) in [6.07, 6.45) is 0.0435. The number of nitriles is 1. The Hall–Kier alpha value is -2.55. The molecule has 0 aromatic heterocycles. The first-order valence-corrected chi connectivity index (χ1v) is 7.43. The molecule has 23 heavy (non-hydrogen) atoms. The summed E-state index contributed by atoms with van der Waals surface area (Å²) in [4.78, 5) is 23.3. The maximum Gasteiger partial charge on any atom is 0.309 e. The molecule has 1 N–H and O–H groups in total. The van der Waals surface area contributed by atoms with Gasteiger partial charge in [-0.15, -0.1) is 0 Å². The van der Waals surface area contributed by atoms with Crippen molar-refractivity contribution in [3.63, 3.8) is 0 Å². The fourth-order valence-corrected chi connectivity index (χ4v) is 1.61. The highest BCUT2D eigenvalue weighted by Crippen LogP contribution is 2.14. The molecule has 0 heterocycles. The van der Waals surface area contributed by atoms with E-state index in [2.05, 4.69) is 11.4 Å². The van der Waals surface area contributed by atoms with Crippen LogP contribution in [0.25, 0.3) is 0 Å². The van der Waals surface area contributed by atoms with Gasteiger partial charge in [0.15, 0.2) is 6.61 Å². The van der Waals surface area contributed by atoms with Gasteiger partial charge in [0.1, 0.15) is 11.3 Å². The van der Waals surface area contributed by atoms with Gasteiger partial charge in [0.25, 0.3) is 5.91 Å². The van der Waals surface area contributed by atoms with Crippen LogP contribution in [-0.4, -0.2) is 30.6 Å². The average Bonchev–Trinajstić information content (AvgIpc) is 2.53. The Bertz CT molecular complexity index is 566. The van der Waals surface area contributed by atoms with E-state index in [4.69, 9.17) is 14.7 Å². The smallest absolute Gasteiger partial charge is 0.309 e. The molecule has 1 atom stereocenters. The van der Waals surface area contributed by atoms with Crippen LogP contribution in [-0.2, 0) is 14.3 Å². The highest BCUT2D eigenvalue weighted by Gasteiger charge is 2.30. The molecular weight excluding hydrogens is 296 g/mol. The minimum Gasteiger partial charge on any atom is -0.493 e. The number of ether oxygens (including phenoxy) is 2. The summed E-state index contributed by atoms with van der Waals surface area (Å²) in [5.41, 5.74) is -0.986. The maximum absolute atomic E-state index is 11.8. The molecule has 0 unspecified atom stereocenters. The number of benzene rings is 1. The van der Waals surface area contributed by atoms with Gasteiger partial charge in [-0.3, -0.25) is 9.59 Å². The summed E-state index contributed by atoms with van der Waals surface area (Å²) in [6.45, 7) is 5.05. The number of para-hydroxylation sites is 1. The van der Waals surface area contributed by atoms with Crippen LogP contribution in [0.15, 0.2) is 30.3 Å². The number of hydrogen-bond acceptors (Lipinski definition) is 5. The number of nitrogens with zero attached hydrogens (tertiary/aromatic N) is 1. The second kappa shape index (κ2) is 8.79. The number of carbonyl (C=O) groups excluding carboxylic acids is 2. The van der Waals surface area contributed by atoms with Crippen molar-refractivity contribution in [3.05, 3.63) is 30.3 Å². The van der Waals surface area contributed by atoms with E-state index in [1.54, 1.807) is 19.1 Å². The Balaban J connectivity index is 2.28. The molecule has 0 aliphatic heterocycles. The topological polar surface area (TPSA) is 88.4 Å². The molecule has 1 rings (SSSR count). The lowest BCUT2D eigenvalue weighted by atomic mass is 9.90. The van der Waals surface area contributed by atoms with Crippen LogP contribution < -0.4 is 10.1 Å². The number of rotatable bonds is 8. The van der Waals surface area contributed by atoms with E-state index in [0.717, 1.165) is 0 Å². The SMILES string of the molecule is CC(C)[C@](C)(C#N)NC(=O)COC(=O)CCOc1ccccc1. The third-order valence-corrected chi connectivity index (χ3v) is 3.47. The van der Waals surface area contributed by atoms with Crippen molar-refractivity contribution < 1.29 is 19.1 Å². The molecule has 1 aromatic carbocycles. The molecule has 124 valence electrons. The molecular formula is C17H22N2O4. The predicted octanol–water partition coefficient (Wildman–Crippen LogP) is 2.05. The van der Waals surface area contributed by atoms with Gasteiger partial charge in [-0.05, 0) is 25.0 Å². The van der Waals surface area contributed by atoms with Gasteiger partial charge >= 0.3 is 5.97 Å². The second-order valence-electron chi connectivity index (χ2n) is 5.59. The van der Waals surface area contributed by atoms with Crippen molar-refractivity contribution in [2.24, 2.45) is 5.92 Å². The van der Waals surface area contributed by atoms with E-state index in [1.165, 1.54) is 0 Å². The quantitative estimate of drug-likeness (QED) is 0.741. The lowest BCUT2D eigenvalue weighted by Crippen LogP contribution is -2.50. The molecule has 0 saturated heterocycles. The minimum absolute atomic E-state index is 0.0435. The van der Waals surface area contributed by atoms with Crippen LogP contribution in [0.1, 0.15) is 27.2 Å². The van der Waals surface area contributed by atoms with Crippen molar-refractivity contribution >= 4 is 11.9 Å². The Morgan fingerprint density at radius 2 is 1.96 bits per heavy atom. The van der Waals surface area contributed by atoms with Gasteiger partial charge in [-0.1, -0.05) is 32.0 Å². The lowest BCUT2D eigenvalue weighted by Gasteiger charge is -2.27. The van der Waals surface area contributed by atoms with Crippen molar-refractivity contribution in [2.45, 2.75) is 32.7 Å². The Morgan fingerprint density at radius 3 is 2.52 bits per heavy atom. The van der Waals surface area contributed by atoms with E-state index in [1.807, 2.05) is 32.0 Å². The molecule has 0 aliphatic rings. The Morgan fingerprint density at radius 1 is 1.30 bits per heavy atom. The van der Waals surface area contributed by atoms with E-state index >= 15 is 0 Å². The fraction of sp³-hybridized carbons (Fsp3) is 0.471. The predicted molar refractivity (Wildman–Crippen MR) is 84.5 cm³/mol. The normalized spacial score (nSPS) is 12.8. The number of hydrogen-bond donors (Lipinski definition) is 1. The Labute approximate surface area is 136 Å². The molecule has 6 heteroatoms. The molecule has 0 fully saturated rings. The zero-order valence-electron chi connectivity index (χ0n) is 13.7. The highest BCUT2D eigenvalue weighted by molar-refractivity contribution is 5.81. The number of carbonyl (C=O) groups is 2. The van der Waals surface area contributed by atoms with E-state index in [0.29, 0.717) is 5.75 Å². The highest BCUT2D eigenvalue weighted by atomic mass is 16.5. The molecule has 0 saturated carbocycles. The second-order valence-corrected chi connectivity index (χ2v) is 5.59. The van der Waals surface area contributed by atoms with Gasteiger partial charge in [-0.25, -0.2) is 0 Å². The molecule has 0 spiro atoms. The molecule has 0 aliphatic carbocycles. The van der Waals surface area contributed by atoms with Crippen molar-refractivity contribution in [1.82, 2.24) is 5.32 Å². The van der Waals surface area contributed by atoms with Crippen molar-refractivity contribution in [3.8, 4) is 11.8 Å². The average molecular weight is 318 g/mol. The van der Waals surface area contributed by atoms with Gasteiger partial charge in [0.05, 0.1) is 19.1 Å². The molecule has 1 aromatic rings. The van der Waals surface area contributed by atoms with Crippen molar-refractivity contribution in [1.29, 1.82) is 5.26 Å². The summed E-state index contributed by atoms with van der Waals surface area (Å²) in [7, 11) is 0. The summed E-state index contributed by atoms with van der Waals surface area (Å²) in [5, 5.41) is 11.7. The van der Waals surface area contributed by atoms with Crippen LogP contribution in [0.5, 0.6) is 5.75 Å². The first-order valence-electron chi connectivity index (χ1n) is 7.43. The molecule has 0 bridgehead atoms. The first-order chi connectivity index (χ1) is 10.9. The van der Waals surface area contributed by atoms with E-state index in [-0.39, 0.29) is 18.9 Å². The summed E-state index contributed by atoms with van der Waals surface area (Å²) < 4.78 is 10.2. The molecule has 1 amide bonds. The van der Waals surface area contributed by atoms with E-state index < -0.39 is 24.0 Å². The standard InChI is InChI=1S/C17H22N2O4/c1-13(2)17(3,12-18)19-15(20)11-23-16(21)9-10-22-14-7-5-4-6-8-14/h4-8,13H,9-11H2,1-3H3,(H,19,20)/t17-/m0/s1. The fourth-order valence-electron chi connectivity index (χ4n) is 1.61. The first kappa shape index (κ1) is 18.5. The van der Waals surface area contributed by atoms with Crippen molar-refractivity contribution in [2.75, 3.05) is 13.2 Å². The van der Waals surface area contributed by atoms with Crippen LogP contribution in [0.4, 0.5) is 0 Å². The maximum atomic E-state index is 11.8. The monoisotopic (exact) mass is 318 g/mol. The zero-order valence-corrected chi connectivity index (χ0v) is 13.7. The summed E-state index contributed by atoms with van der Waals surface area (Å²) in [6, 6.07) is 11.2. The minimum atomic E-state index is -0.986. The van der Waals surface area contributed by atoms with E-state index in [9.17, 15) is 9.59 Å². The summed E-state index contributed by atoms with van der Waals surface area (Å²) >= 11 is 0. The lowest BCUT2D eigenvalue weighted by molar-refractivity contribution is -0.149. The Kier molecular flexibility index (Phi) is 7.07. The van der Waals surface area contributed by atoms with Gasteiger partial charge in [0.2, 0.25) is 0 Å². The largest absolute Gasteiger partial charge is 0.493 e. The number of amides is 1. The number of esters is 1. The summed E-state index contributed by atoms with van der Waals surface area (Å²) in [5.74, 6) is -0.425. The molecule has 0 radical (unpaired) electrons. The van der Waals surface area contributed by atoms with Crippen LogP contribution in [0.2, 0.25) is 0 Å². The third kappa shape index (κ3) is 6.39. The third-order valence-electron chi connectivity index (χ3n) is 3.47. The van der Waals surface area contributed by atoms with Gasteiger partial charge < -0.3 is 14.8 Å². The van der Waals surface area contributed by atoms with Crippen LogP contribution >= 0.6 is 0 Å². The van der Waals surface area contributed by atoms with Gasteiger partial charge in [0, 0.05) is 0 Å². The zero-order chi connectivity index (χ0) is 17.3. The van der Waals surface area contributed by atoms with Crippen LogP contribution in [0, 0.1) is 17.2 Å².